The monoisotopic (exact) mass is 233 g/mol. The van der Waals surface area contributed by atoms with Gasteiger partial charge in [0.1, 0.15) is 12.0 Å². The first-order valence-corrected chi connectivity index (χ1v) is 4.53. The summed E-state index contributed by atoms with van der Waals surface area (Å²) >= 11 is 0. The van der Waals surface area contributed by atoms with E-state index in [1.165, 1.54) is 24.7 Å². The molecular formula is C9H7N5O3. The van der Waals surface area contributed by atoms with Gasteiger partial charge in [0.2, 0.25) is 5.82 Å². The topological polar surface area (TPSA) is 121 Å². The summed E-state index contributed by atoms with van der Waals surface area (Å²) < 4.78 is 0. The highest BCUT2D eigenvalue weighted by Crippen LogP contribution is 2.07. The Kier molecular flexibility index (Phi) is 2.77. The maximum absolute atomic E-state index is 11.5. The number of aromatic carboxylic acids is 1. The Hall–Kier alpha value is -2.77. The van der Waals surface area contributed by atoms with Crippen LogP contribution in [0.25, 0.3) is 0 Å². The minimum Gasteiger partial charge on any atom is -0.477 e. The molecule has 2 aromatic rings. The first kappa shape index (κ1) is 10.7. The highest BCUT2D eigenvalue weighted by Gasteiger charge is 2.09. The van der Waals surface area contributed by atoms with Gasteiger partial charge < -0.3 is 10.4 Å². The third-order valence-corrected chi connectivity index (χ3v) is 1.87. The van der Waals surface area contributed by atoms with Crippen LogP contribution in [0.1, 0.15) is 21.1 Å². The van der Waals surface area contributed by atoms with Crippen molar-refractivity contribution in [1.82, 2.24) is 20.2 Å². The van der Waals surface area contributed by atoms with Crippen LogP contribution in [0.15, 0.2) is 24.7 Å². The summed E-state index contributed by atoms with van der Waals surface area (Å²) in [5, 5.41) is 17.0. The molecule has 0 aliphatic rings. The quantitative estimate of drug-likeness (QED) is 0.693. The Morgan fingerprint density at radius 3 is 2.65 bits per heavy atom. The van der Waals surface area contributed by atoms with Crippen LogP contribution in [0.4, 0.5) is 5.69 Å². The van der Waals surface area contributed by atoms with E-state index in [0.29, 0.717) is 5.69 Å². The molecule has 0 aliphatic heterocycles. The third-order valence-electron chi connectivity index (χ3n) is 1.87. The molecule has 2 rings (SSSR count). The average molecular weight is 233 g/mol. The van der Waals surface area contributed by atoms with Crippen LogP contribution in [0, 0.1) is 0 Å². The van der Waals surface area contributed by atoms with E-state index >= 15 is 0 Å². The van der Waals surface area contributed by atoms with Gasteiger partial charge in [-0.1, -0.05) is 0 Å². The number of hydrogen-bond donors (Lipinski definition) is 3. The van der Waals surface area contributed by atoms with Gasteiger partial charge in [-0.15, -0.1) is 0 Å². The second-order valence-corrected chi connectivity index (χ2v) is 3.03. The van der Waals surface area contributed by atoms with Crippen molar-refractivity contribution >= 4 is 17.6 Å². The number of carbonyl (C=O) groups excluding carboxylic acids is 1. The van der Waals surface area contributed by atoms with Crippen LogP contribution in [0.2, 0.25) is 0 Å². The number of rotatable bonds is 3. The second kappa shape index (κ2) is 4.39. The number of carboxylic acids is 1. The van der Waals surface area contributed by atoms with Gasteiger partial charge in [0.25, 0.3) is 5.91 Å². The van der Waals surface area contributed by atoms with E-state index in [4.69, 9.17) is 5.11 Å². The van der Waals surface area contributed by atoms with Gasteiger partial charge in [0, 0.05) is 0 Å². The van der Waals surface area contributed by atoms with Gasteiger partial charge in [-0.3, -0.25) is 9.89 Å². The zero-order chi connectivity index (χ0) is 12.3. The zero-order valence-electron chi connectivity index (χ0n) is 8.41. The van der Waals surface area contributed by atoms with Crippen molar-refractivity contribution in [3.05, 3.63) is 36.2 Å². The predicted octanol–water partition coefficient (Wildman–Crippen LogP) is 0.150. The minimum absolute atomic E-state index is 0.0623. The number of nitrogens with zero attached hydrogens (tertiary/aromatic N) is 3. The van der Waals surface area contributed by atoms with Crippen molar-refractivity contribution in [2.24, 2.45) is 0 Å². The number of aromatic nitrogens is 4. The number of amides is 1. The van der Waals surface area contributed by atoms with Crippen LogP contribution in [0.5, 0.6) is 0 Å². The Morgan fingerprint density at radius 1 is 1.29 bits per heavy atom. The van der Waals surface area contributed by atoms with E-state index in [1.807, 2.05) is 0 Å². The lowest BCUT2D eigenvalue weighted by Gasteiger charge is -2.02. The molecule has 3 N–H and O–H groups in total. The van der Waals surface area contributed by atoms with Crippen LogP contribution in [-0.4, -0.2) is 37.1 Å². The summed E-state index contributed by atoms with van der Waals surface area (Å²) in [6, 6.07) is 2.73. The minimum atomic E-state index is -1.13. The predicted molar refractivity (Wildman–Crippen MR) is 55.5 cm³/mol. The number of H-pyrrole nitrogens is 1. The fraction of sp³-hybridized carbons (Fsp3) is 0. The molecule has 0 aliphatic carbocycles. The molecule has 0 saturated carbocycles. The van der Waals surface area contributed by atoms with Gasteiger partial charge in [0.05, 0.1) is 11.9 Å². The molecule has 0 atom stereocenters. The van der Waals surface area contributed by atoms with Gasteiger partial charge >= 0.3 is 5.97 Å². The second-order valence-electron chi connectivity index (χ2n) is 3.03. The molecule has 0 spiro atoms. The number of hydrogen-bond acceptors (Lipinski definition) is 5. The molecule has 0 saturated heterocycles. The molecule has 0 radical (unpaired) electrons. The summed E-state index contributed by atoms with van der Waals surface area (Å²) in [6.07, 6.45) is 2.46. The van der Waals surface area contributed by atoms with Gasteiger partial charge in [0.15, 0.2) is 0 Å². The molecule has 86 valence electrons. The SMILES string of the molecule is O=C(O)c1ccc(NC(=O)c2ncn[nH]2)cn1. The highest BCUT2D eigenvalue weighted by molar-refractivity contribution is 6.01. The number of pyridine rings is 1. The first-order chi connectivity index (χ1) is 8.16. The van der Waals surface area contributed by atoms with Crippen molar-refractivity contribution in [3.63, 3.8) is 0 Å². The van der Waals surface area contributed by atoms with Gasteiger partial charge in [-0.2, -0.15) is 5.10 Å². The molecule has 0 unspecified atom stereocenters. The fourth-order valence-corrected chi connectivity index (χ4v) is 1.10. The molecule has 2 heterocycles. The number of aromatic amines is 1. The van der Waals surface area contributed by atoms with Crippen molar-refractivity contribution in [2.75, 3.05) is 5.32 Å². The van der Waals surface area contributed by atoms with E-state index in [1.54, 1.807) is 0 Å². The Morgan fingerprint density at radius 2 is 2.12 bits per heavy atom. The number of carbonyl (C=O) groups is 2. The van der Waals surface area contributed by atoms with E-state index in [-0.39, 0.29) is 11.5 Å². The Balaban J connectivity index is 2.09. The van der Waals surface area contributed by atoms with E-state index in [2.05, 4.69) is 25.5 Å². The number of nitrogens with one attached hydrogen (secondary N) is 2. The smallest absolute Gasteiger partial charge is 0.354 e. The fourth-order valence-electron chi connectivity index (χ4n) is 1.10. The summed E-state index contributed by atoms with van der Waals surface area (Å²) in [5.41, 5.74) is 0.277. The lowest BCUT2D eigenvalue weighted by molar-refractivity contribution is 0.0690. The number of anilines is 1. The largest absolute Gasteiger partial charge is 0.477 e. The molecule has 2 aromatic heterocycles. The lowest BCUT2D eigenvalue weighted by atomic mass is 10.3. The van der Waals surface area contributed by atoms with Crippen LogP contribution >= 0.6 is 0 Å². The molecular weight excluding hydrogens is 226 g/mol. The van der Waals surface area contributed by atoms with Crippen LogP contribution in [-0.2, 0) is 0 Å². The van der Waals surface area contributed by atoms with Crippen LogP contribution in [0.3, 0.4) is 0 Å². The van der Waals surface area contributed by atoms with Crippen molar-refractivity contribution in [2.45, 2.75) is 0 Å². The summed E-state index contributed by atoms with van der Waals surface area (Å²) in [4.78, 5) is 29.4. The van der Waals surface area contributed by atoms with Gasteiger partial charge in [-0.05, 0) is 12.1 Å². The van der Waals surface area contributed by atoms with E-state index in [0.717, 1.165) is 0 Å². The lowest BCUT2D eigenvalue weighted by Crippen LogP contribution is -2.14. The molecule has 1 amide bonds. The molecule has 0 aromatic carbocycles. The first-order valence-electron chi connectivity index (χ1n) is 4.53. The molecule has 0 bridgehead atoms. The third kappa shape index (κ3) is 2.43. The highest BCUT2D eigenvalue weighted by atomic mass is 16.4. The average Bonchev–Trinajstić information content (AvgIpc) is 2.83. The van der Waals surface area contributed by atoms with E-state index < -0.39 is 11.9 Å². The standard InChI is InChI=1S/C9H7N5O3/c15-8(7-11-4-12-14-7)13-5-1-2-6(9(16)17)10-3-5/h1-4H,(H,13,15)(H,16,17)(H,11,12,14). The molecule has 17 heavy (non-hydrogen) atoms. The maximum atomic E-state index is 11.5. The zero-order valence-corrected chi connectivity index (χ0v) is 8.41. The van der Waals surface area contributed by atoms with Crippen LogP contribution < -0.4 is 5.32 Å². The summed E-state index contributed by atoms with van der Waals surface area (Å²) in [5.74, 6) is -1.54. The summed E-state index contributed by atoms with van der Waals surface area (Å²) in [7, 11) is 0. The number of carboxylic acid groups (broad SMARTS) is 1. The molecule has 8 nitrogen and oxygen atoms in total. The van der Waals surface area contributed by atoms with Crippen molar-refractivity contribution in [1.29, 1.82) is 0 Å². The van der Waals surface area contributed by atoms with Gasteiger partial charge in [-0.25, -0.2) is 14.8 Å². The van der Waals surface area contributed by atoms with Crippen molar-refractivity contribution in [3.8, 4) is 0 Å². The van der Waals surface area contributed by atoms with Crippen molar-refractivity contribution < 1.29 is 14.7 Å². The molecule has 8 heteroatoms. The van der Waals surface area contributed by atoms with E-state index in [9.17, 15) is 9.59 Å². The molecule has 0 fully saturated rings. The Labute approximate surface area is 94.7 Å². The Bertz CT molecular complexity index is 534. The normalized spacial score (nSPS) is 9.88. The summed E-state index contributed by atoms with van der Waals surface area (Å²) in [6.45, 7) is 0. The maximum Gasteiger partial charge on any atom is 0.354 e.